The number of para-hydroxylation sites is 1. The molecule has 1 atom stereocenters. The Morgan fingerprint density at radius 1 is 1.30 bits per heavy atom. The van der Waals surface area contributed by atoms with Crippen LogP contribution in [0.15, 0.2) is 36.4 Å². The number of carbonyl (C=O) groups is 2. The summed E-state index contributed by atoms with van der Waals surface area (Å²) in [5.41, 5.74) is 2.32. The van der Waals surface area contributed by atoms with E-state index in [0.29, 0.717) is 27.7 Å². The first-order valence-electron chi connectivity index (χ1n) is 8.28. The number of carboxylic acids is 1. The van der Waals surface area contributed by atoms with E-state index in [4.69, 9.17) is 28.3 Å². The Kier molecular flexibility index (Phi) is 4.80. The van der Waals surface area contributed by atoms with Crippen LogP contribution in [-0.2, 0) is 22.6 Å². The quantitative estimate of drug-likeness (QED) is 0.658. The van der Waals surface area contributed by atoms with Crippen molar-refractivity contribution < 1.29 is 14.7 Å². The molecule has 0 spiro atoms. The maximum atomic E-state index is 13.0. The Bertz CT molecular complexity index is 1070. The topological polar surface area (TPSA) is 70.5 Å². The van der Waals surface area contributed by atoms with E-state index in [9.17, 15) is 9.59 Å². The van der Waals surface area contributed by atoms with Gasteiger partial charge in [-0.3, -0.25) is 9.59 Å². The van der Waals surface area contributed by atoms with E-state index in [2.05, 4.69) is 4.98 Å². The molecule has 1 aliphatic heterocycles. The first-order valence-corrected chi connectivity index (χ1v) is 9.85. The highest BCUT2D eigenvalue weighted by molar-refractivity contribution is 7.18. The number of carboxylic acid groups (broad SMARTS) is 1. The van der Waals surface area contributed by atoms with Gasteiger partial charge in [0.15, 0.2) is 0 Å². The normalized spacial score (nSPS) is 16.6. The number of amides is 1. The number of halogens is 2. The SMILES string of the molecule is O=C(O)CC1Cc2ccc(Cl)cc2N(Cc2nc3c(Cl)cccc3s2)C1=O. The van der Waals surface area contributed by atoms with E-state index >= 15 is 0 Å². The number of benzene rings is 2. The van der Waals surface area contributed by atoms with Crippen LogP contribution in [-0.4, -0.2) is 22.0 Å². The minimum absolute atomic E-state index is 0.205. The number of rotatable bonds is 4. The number of aromatic nitrogens is 1. The Labute approximate surface area is 169 Å². The summed E-state index contributed by atoms with van der Waals surface area (Å²) in [5.74, 6) is -1.82. The summed E-state index contributed by atoms with van der Waals surface area (Å²) in [5, 5.41) is 11.0. The number of hydrogen-bond donors (Lipinski definition) is 1. The zero-order chi connectivity index (χ0) is 19.1. The van der Waals surface area contributed by atoms with Crippen LogP contribution in [0.1, 0.15) is 17.0 Å². The summed E-state index contributed by atoms with van der Waals surface area (Å²) in [6, 6.07) is 10.9. The Hall–Kier alpha value is -2.15. The van der Waals surface area contributed by atoms with Crippen molar-refractivity contribution in [1.29, 1.82) is 0 Å². The second-order valence-electron chi connectivity index (χ2n) is 6.39. The standard InChI is InChI=1S/C19H14Cl2N2O3S/c20-12-5-4-10-6-11(7-17(24)25)19(26)23(14(10)8-12)9-16-22-18-13(21)2-1-3-15(18)27-16/h1-5,8,11H,6-7,9H2,(H,24,25). The zero-order valence-corrected chi connectivity index (χ0v) is 16.3. The van der Waals surface area contributed by atoms with Gasteiger partial charge in [-0.15, -0.1) is 11.3 Å². The van der Waals surface area contributed by atoms with Crippen molar-refractivity contribution in [3.8, 4) is 0 Å². The molecule has 1 aliphatic rings. The fourth-order valence-electron chi connectivity index (χ4n) is 3.35. The number of thiazole rings is 1. The third-order valence-corrected chi connectivity index (χ3v) is 6.09. The average Bonchev–Trinajstić information content (AvgIpc) is 3.03. The van der Waals surface area contributed by atoms with Crippen molar-refractivity contribution in [2.24, 2.45) is 5.92 Å². The van der Waals surface area contributed by atoms with Gasteiger partial charge in [0, 0.05) is 10.7 Å². The molecule has 8 heteroatoms. The molecule has 1 unspecified atom stereocenters. The predicted octanol–water partition coefficient (Wildman–Crippen LogP) is 4.78. The number of nitrogens with zero attached hydrogens (tertiary/aromatic N) is 2. The van der Waals surface area contributed by atoms with Gasteiger partial charge in [-0.1, -0.05) is 35.3 Å². The van der Waals surface area contributed by atoms with Crippen LogP contribution >= 0.6 is 34.5 Å². The van der Waals surface area contributed by atoms with Gasteiger partial charge in [0.1, 0.15) is 10.5 Å². The van der Waals surface area contributed by atoms with Crippen molar-refractivity contribution in [3.05, 3.63) is 57.0 Å². The van der Waals surface area contributed by atoms with E-state index in [0.717, 1.165) is 15.3 Å². The summed E-state index contributed by atoms with van der Waals surface area (Å²) in [6.07, 6.45) is 0.183. The molecule has 2 aromatic carbocycles. The van der Waals surface area contributed by atoms with Gasteiger partial charge >= 0.3 is 5.97 Å². The molecular formula is C19H14Cl2N2O3S. The molecule has 4 rings (SSSR count). The van der Waals surface area contributed by atoms with Crippen molar-refractivity contribution >= 4 is 62.3 Å². The van der Waals surface area contributed by atoms with E-state index in [1.807, 2.05) is 18.2 Å². The minimum atomic E-state index is -0.988. The average molecular weight is 421 g/mol. The predicted molar refractivity (Wildman–Crippen MR) is 107 cm³/mol. The highest BCUT2D eigenvalue weighted by Gasteiger charge is 2.34. The molecule has 0 saturated heterocycles. The lowest BCUT2D eigenvalue weighted by Gasteiger charge is -2.33. The first kappa shape index (κ1) is 18.2. The molecule has 1 N–H and O–H groups in total. The van der Waals surface area contributed by atoms with Crippen LogP contribution in [0.3, 0.4) is 0 Å². The molecule has 0 aliphatic carbocycles. The van der Waals surface area contributed by atoms with Gasteiger partial charge in [0.2, 0.25) is 5.91 Å². The summed E-state index contributed by atoms with van der Waals surface area (Å²) >= 11 is 13.8. The van der Waals surface area contributed by atoms with Crippen LogP contribution in [0.4, 0.5) is 5.69 Å². The molecule has 3 aromatic rings. The molecule has 2 heterocycles. The van der Waals surface area contributed by atoms with Gasteiger partial charge in [-0.05, 0) is 36.2 Å². The molecule has 27 heavy (non-hydrogen) atoms. The lowest BCUT2D eigenvalue weighted by atomic mass is 9.89. The molecule has 1 aromatic heterocycles. The van der Waals surface area contributed by atoms with E-state index in [1.165, 1.54) is 11.3 Å². The van der Waals surface area contributed by atoms with Crippen LogP contribution in [0, 0.1) is 5.92 Å². The fraction of sp³-hybridized carbons (Fsp3) is 0.211. The van der Waals surface area contributed by atoms with E-state index in [-0.39, 0.29) is 18.9 Å². The van der Waals surface area contributed by atoms with Gasteiger partial charge in [-0.2, -0.15) is 0 Å². The number of anilines is 1. The highest BCUT2D eigenvalue weighted by Crippen LogP contribution is 2.36. The van der Waals surface area contributed by atoms with Crippen LogP contribution in [0.25, 0.3) is 10.2 Å². The molecule has 0 bridgehead atoms. The van der Waals surface area contributed by atoms with Gasteiger partial charge in [0.05, 0.1) is 28.6 Å². The molecule has 0 radical (unpaired) electrons. The molecule has 0 fully saturated rings. The van der Waals surface area contributed by atoms with Crippen LogP contribution in [0.2, 0.25) is 10.0 Å². The Morgan fingerprint density at radius 2 is 2.11 bits per heavy atom. The summed E-state index contributed by atoms with van der Waals surface area (Å²) < 4.78 is 0.940. The van der Waals surface area contributed by atoms with Gasteiger partial charge < -0.3 is 10.0 Å². The molecule has 138 valence electrons. The maximum absolute atomic E-state index is 13.0. The first-order chi connectivity index (χ1) is 12.9. The summed E-state index contributed by atoms with van der Waals surface area (Å²) in [6.45, 7) is 0.248. The van der Waals surface area contributed by atoms with Crippen molar-refractivity contribution in [2.75, 3.05) is 4.90 Å². The van der Waals surface area contributed by atoms with E-state index < -0.39 is 11.9 Å². The lowest BCUT2D eigenvalue weighted by Crippen LogP contribution is -2.41. The third kappa shape index (κ3) is 3.52. The van der Waals surface area contributed by atoms with Crippen molar-refractivity contribution in [1.82, 2.24) is 4.98 Å². The summed E-state index contributed by atoms with van der Waals surface area (Å²) in [7, 11) is 0. The Balaban J connectivity index is 1.74. The second kappa shape index (κ2) is 7.11. The fourth-order valence-corrected chi connectivity index (χ4v) is 4.77. The van der Waals surface area contributed by atoms with E-state index in [1.54, 1.807) is 23.1 Å². The van der Waals surface area contributed by atoms with Gasteiger partial charge in [-0.25, -0.2) is 4.98 Å². The molecule has 0 saturated carbocycles. The number of aliphatic carboxylic acids is 1. The molecule has 5 nitrogen and oxygen atoms in total. The molecular weight excluding hydrogens is 407 g/mol. The summed E-state index contributed by atoms with van der Waals surface area (Å²) in [4.78, 5) is 30.3. The van der Waals surface area contributed by atoms with Crippen molar-refractivity contribution in [3.63, 3.8) is 0 Å². The lowest BCUT2D eigenvalue weighted by molar-refractivity contribution is -0.140. The Morgan fingerprint density at radius 3 is 2.85 bits per heavy atom. The van der Waals surface area contributed by atoms with Crippen molar-refractivity contribution in [2.45, 2.75) is 19.4 Å². The molecule has 1 amide bonds. The largest absolute Gasteiger partial charge is 0.481 e. The second-order valence-corrected chi connectivity index (χ2v) is 8.35. The van der Waals surface area contributed by atoms with Crippen LogP contribution < -0.4 is 4.90 Å². The highest BCUT2D eigenvalue weighted by atomic mass is 35.5. The monoisotopic (exact) mass is 420 g/mol. The van der Waals surface area contributed by atoms with Crippen LogP contribution in [0.5, 0.6) is 0 Å². The minimum Gasteiger partial charge on any atom is -0.481 e. The number of carbonyl (C=O) groups excluding carboxylic acids is 1. The number of hydrogen-bond acceptors (Lipinski definition) is 4. The van der Waals surface area contributed by atoms with Gasteiger partial charge in [0.25, 0.3) is 0 Å². The smallest absolute Gasteiger partial charge is 0.304 e. The maximum Gasteiger partial charge on any atom is 0.304 e. The zero-order valence-electron chi connectivity index (χ0n) is 14.0. The number of fused-ring (bicyclic) bond motifs is 2. The third-order valence-electron chi connectivity index (χ3n) is 4.55.